The highest BCUT2D eigenvalue weighted by molar-refractivity contribution is 7.13. The number of anilines is 1. The fourth-order valence-corrected chi connectivity index (χ4v) is 2.26. The van der Waals surface area contributed by atoms with E-state index in [4.69, 9.17) is 4.74 Å². The minimum absolute atomic E-state index is 0.138. The van der Waals surface area contributed by atoms with Crippen LogP contribution in [0, 0.1) is 0 Å². The molecule has 0 atom stereocenters. The predicted octanol–water partition coefficient (Wildman–Crippen LogP) is 0.822. The lowest BCUT2D eigenvalue weighted by molar-refractivity contribution is -0.115. The molecule has 118 valence electrons. The first-order chi connectivity index (χ1) is 11.2. The van der Waals surface area contributed by atoms with Crippen LogP contribution in [0.25, 0.3) is 0 Å². The molecule has 23 heavy (non-hydrogen) atoms. The molecule has 0 spiro atoms. The van der Waals surface area contributed by atoms with E-state index in [2.05, 4.69) is 31.0 Å². The third-order valence-corrected chi connectivity index (χ3v) is 3.58. The Labute approximate surface area is 135 Å². The highest BCUT2D eigenvalue weighted by Gasteiger charge is 2.07. The van der Waals surface area contributed by atoms with Gasteiger partial charge in [0.2, 0.25) is 11.0 Å². The van der Waals surface area contributed by atoms with E-state index in [1.54, 1.807) is 29.4 Å². The van der Waals surface area contributed by atoms with E-state index in [0.29, 0.717) is 16.7 Å². The van der Waals surface area contributed by atoms with Gasteiger partial charge in [-0.15, -0.1) is 15.3 Å². The number of aromatic nitrogens is 6. The van der Waals surface area contributed by atoms with Gasteiger partial charge in [-0.1, -0.05) is 23.5 Å². The summed E-state index contributed by atoms with van der Waals surface area (Å²) in [5.41, 5.74) is 2.44. The van der Waals surface area contributed by atoms with Gasteiger partial charge in [-0.3, -0.25) is 4.79 Å². The van der Waals surface area contributed by atoms with Crippen LogP contribution in [0.2, 0.25) is 0 Å². The van der Waals surface area contributed by atoms with Crippen LogP contribution in [-0.4, -0.2) is 36.3 Å². The van der Waals surface area contributed by atoms with Crippen LogP contribution in [0.1, 0.15) is 11.4 Å². The van der Waals surface area contributed by atoms with Crippen LogP contribution in [-0.2, 0) is 24.9 Å². The number of hydrogen-bond acceptors (Lipinski definition) is 8. The van der Waals surface area contributed by atoms with Crippen molar-refractivity contribution in [2.24, 2.45) is 7.05 Å². The molecule has 2 aromatic heterocycles. The zero-order valence-corrected chi connectivity index (χ0v) is 13.0. The van der Waals surface area contributed by atoms with Crippen molar-refractivity contribution in [3.8, 4) is 5.75 Å². The first kappa shape index (κ1) is 15.0. The van der Waals surface area contributed by atoms with Gasteiger partial charge < -0.3 is 10.1 Å². The van der Waals surface area contributed by atoms with Gasteiger partial charge in [0.05, 0.1) is 6.42 Å². The zero-order valence-electron chi connectivity index (χ0n) is 12.2. The highest BCUT2D eigenvalue weighted by Crippen LogP contribution is 2.15. The Kier molecular flexibility index (Phi) is 4.52. The third-order valence-electron chi connectivity index (χ3n) is 2.97. The molecule has 0 aliphatic rings. The molecule has 0 aliphatic heterocycles. The summed E-state index contributed by atoms with van der Waals surface area (Å²) in [6, 6.07) is 7.28. The molecule has 10 heteroatoms. The summed E-state index contributed by atoms with van der Waals surface area (Å²) in [5, 5.41) is 21.7. The van der Waals surface area contributed by atoms with E-state index >= 15 is 0 Å². The Balaban J connectivity index is 1.52. The van der Waals surface area contributed by atoms with Gasteiger partial charge in [-0.2, -0.15) is 0 Å². The van der Waals surface area contributed by atoms with Crippen molar-refractivity contribution in [1.29, 1.82) is 0 Å². The Hall–Kier alpha value is -2.88. The smallest absolute Gasteiger partial charge is 0.230 e. The Morgan fingerprint density at radius 1 is 1.30 bits per heavy atom. The summed E-state index contributed by atoms with van der Waals surface area (Å²) in [4.78, 5) is 11.9. The van der Waals surface area contributed by atoms with Gasteiger partial charge in [0.25, 0.3) is 0 Å². The van der Waals surface area contributed by atoms with E-state index in [-0.39, 0.29) is 18.9 Å². The van der Waals surface area contributed by atoms with Crippen molar-refractivity contribution >= 4 is 22.4 Å². The van der Waals surface area contributed by atoms with Gasteiger partial charge in [-0.25, -0.2) is 4.68 Å². The molecule has 1 N–H and O–H groups in total. The molecular weight excluding hydrogens is 318 g/mol. The van der Waals surface area contributed by atoms with Gasteiger partial charge in [0.1, 0.15) is 17.9 Å². The second-order valence-electron chi connectivity index (χ2n) is 4.62. The molecule has 2 heterocycles. The quantitative estimate of drug-likeness (QED) is 0.712. The normalized spacial score (nSPS) is 10.5. The van der Waals surface area contributed by atoms with Gasteiger partial charge in [0, 0.05) is 7.05 Å². The number of hydrogen-bond donors (Lipinski definition) is 1. The van der Waals surface area contributed by atoms with E-state index in [0.717, 1.165) is 5.56 Å². The maximum Gasteiger partial charge on any atom is 0.230 e. The van der Waals surface area contributed by atoms with Crippen LogP contribution < -0.4 is 10.1 Å². The van der Waals surface area contributed by atoms with Crippen molar-refractivity contribution in [3.63, 3.8) is 0 Å². The van der Waals surface area contributed by atoms with Crippen LogP contribution >= 0.6 is 11.3 Å². The molecule has 3 aromatic rings. The van der Waals surface area contributed by atoms with Gasteiger partial charge >= 0.3 is 0 Å². The van der Waals surface area contributed by atoms with Gasteiger partial charge in [0.15, 0.2) is 5.82 Å². The number of carbonyl (C=O) groups is 1. The summed E-state index contributed by atoms with van der Waals surface area (Å²) in [6.07, 6.45) is 0.257. The molecule has 0 bridgehead atoms. The number of nitrogens with zero attached hydrogens (tertiary/aromatic N) is 6. The standard InChI is InChI=1S/C13H13N7O2S/c1-20-11(16-18-19-20)7-22-10-4-2-9(3-5-10)6-12(21)15-13-17-14-8-23-13/h2-5,8H,6-7H2,1H3,(H,15,17,21). The van der Waals surface area contributed by atoms with Crippen LogP contribution in [0.4, 0.5) is 5.13 Å². The molecular formula is C13H13N7O2S. The monoisotopic (exact) mass is 331 g/mol. The summed E-state index contributed by atoms with van der Waals surface area (Å²) >= 11 is 1.28. The van der Waals surface area contributed by atoms with E-state index in [1.807, 2.05) is 12.1 Å². The molecule has 1 aromatic carbocycles. The number of amides is 1. The van der Waals surface area contributed by atoms with E-state index < -0.39 is 0 Å². The molecule has 0 fully saturated rings. The fourth-order valence-electron chi connectivity index (χ4n) is 1.80. The lowest BCUT2D eigenvalue weighted by Gasteiger charge is -2.06. The Bertz CT molecular complexity index is 770. The Morgan fingerprint density at radius 3 is 2.78 bits per heavy atom. The largest absolute Gasteiger partial charge is 0.486 e. The van der Waals surface area contributed by atoms with Crippen LogP contribution in [0.3, 0.4) is 0 Å². The number of benzene rings is 1. The second-order valence-corrected chi connectivity index (χ2v) is 5.45. The van der Waals surface area contributed by atoms with Crippen molar-refractivity contribution < 1.29 is 9.53 Å². The maximum atomic E-state index is 11.9. The minimum atomic E-state index is -0.138. The molecule has 0 saturated carbocycles. The predicted molar refractivity (Wildman–Crippen MR) is 81.8 cm³/mol. The minimum Gasteiger partial charge on any atom is -0.486 e. The molecule has 0 unspecified atom stereocenters. The summed E-state index contributed by atoms with van der Waals surface area (Å²) < 4.78 is 7.14. The number of tetrazole rings is 1. The van der Waals surface area contributed by atoms with Crippen LogP contribution in [0.5, 0.6) is 5.75 Å². The molecule has 0 radical (unpaired) electrons. The summed E-state index contributed by atoms with van der Waals surface area (Å²) in [6.45, 7) is 0.278. The second kappa shape index (κ2) is 6.92. The number of aryl methyl sites for hydroxylation is 1. The average Bonchev–Trinajstić information content (AvgIpc) is 3.18. The lowest BCUT2D eigenvalue weighted by Crippen LogP contribution is -2.14. The molecule has 1 amide bonds. The first-order valence-electron chi connectivity index (χ1n) is 6.70. The number of ether oxygens (including phenoxy) is 1. The maximum absolute atomic E-state index is 11.9. The molecule has 0 saturated heterocycles. The van der Waals surface area contributed by atoms with Crippen molar-refractivity contribution in [2.45, 2.75) is 13.0 Å². The number of nitrogens with one attached hydrogen (secondary N) is 1. The molecule has 9 nitrogen and oxygen atoms in total. The SMILES string of the molecule is Cn1nnnc1COc1ccc(CC(=O)Nc2nncs2)cc1. The summed E-state index contributed by atoms with van der Waals surface area (Å²) in [5.74, 6) is 1.17. The highest BCUT2D eigenvalue weighted by atomic mass is 32.1. The fraction of sp³-hybridized carbons (Fsp3) is 0.231. The number of rotatable bonds is 6. The average molecular weight is 331 g/mol. The topological polar surface area (TPSA) is 108 Å². The number of carbonyl (C=O) groups excluding carboxylic acids is 1. The molecule has 3 rings (SSSR count). The first-order valence-corrected chi connectivity index (χ1v) is 7.57. The Morgan fingerprint density at radius 2 is 2.13 bits per heavy atom. The third kappa shape index (κ3) is 4.07. The van der Waals surface area contributed by atoms with Crippen LogP contribution in [0.15, 0.2) is 29.8 Å². The summed E-state index contributed by atoms with van der Waals surface area (Å²) in [7, 11) is 1.75. The lowest BCUT2D eigenvalue weighted by atomic mass is 10.1. The zero-order chi connectivity index (χ0) is 16.1. The van der Waals surface area contributed by atoms with Crippen molar-refractivity contribution in [1.82, 2.24) is 30.4 Å². The van der Waals surface area contributed by atoms with E-state index in [1.165, 1.54) is 11.3 Å². The molecule has 0 aliphatic carbocycles. The van der Waals surface area contributed by atoms with Crippen molar-refractivity contribution in [2.75, 3.05) is 5.32 Å². The van der Waals surface area contributed by atoms with Gasteiger partial charge in [-0.05, 0) is 28.1 Å². The van der Waals surface area contributed by atoms with E-state index in [9.17, 15) is 4.79 Å². The van der Waals surface area contributed by atoms with Crippen molar-refractivity contribution in [3.05, 3.63) is 41.2 Å².